The fourth-order valence-electron chi connectivity index (χ4n) is 2.27. The van der Waals surface area contributed by atoms with Crippen molar-refractivity contribution in [3.8, 4) is 5.75 Å². The van der Waals surface area contributed by atoms with Gasteiger partial charge in [0, 0.05) is 23.0 Å². The van der Waals surface area contributed by atoms with Crippen LogP contribution in [0.25, 0.3) is 0 Å². The molecule has 0 amide bonds. The maximum absolute atomic E-state index is 11.0. The van der Waals surface area contributed by atoms with Crippen LogP contribution in [0.3, 0.4) is 0 Å². The lowest BCUT2D eigenvalue weighted by Crippen LogP contribution is -2.17. The van der Waals surface area contributed by atoms with Crippen molar-refractivity contribution in [1.29, 1.82) is 0 Å². The van der Waals surface area contributed by atoms with Crippen LogP contribution in [0.2, 0.25) is 0 Å². The topological polar surface area (TPSA) is 58.6 Å². The predicted octanol–water partition coefficient (Wildman–Crippen LogP) is 2.15. The normalized spacial score (nSPS) is 23.0. The summed E-state index contributed by atoms with van der Waals surface area (Å²) in [6, 6.07) is 6.12. The molecule has 0 spiro atoms. The molecule has 1 heterocycles. The van der Waals surface area contributed by atoms with E-state index in [1.807, 2.05) is 24.5 Å². The van der Waals surface area contributed by atoms with Crippen LogP contribution >= 0.6 is 11.8 Å². The average Bonchev–Trinajstić information content (AvgIpc) is 2.87. The summed E-state index contributed by atoms with van der Waals surface area (Å²) in [7, 11) is 1.65. The minimum Gasteiger partial charge on any atom is -0.496 e. The molecule has 4 nitrogen and oxygen atoms in total. The summed E-state index contributed by atoms with van der Waals surface area (Å²) in [4.78, 5) is 12.1. The third-order valence-corrected chi connectivity index (χ3v) is 4.02. The number of hydrogen-bond acceptors (Lipinski definition) is 4. The van der Waals surface area contributed by atoms with Crippen LogP contribution in [0.1, 0.15) is 18.0 Å². The molecule has 18 heavy (non-hydrogen) atoms. The SMILES string of the molecule is COc1cc(SC)ccc1C1CC(C(=O)O)CN1. The van der Waals surface area contributed by atoms with Crippen molar-refractivity contribution in [3.63, 3.8) is 0 Å². The Balaban J connectivity index is 2.21. The second-order valence-electron chi connectivity index (χ2n) is 4.34. The highest BCUT2D eigenvalue weighted by molar-refractivity contribution is 7.98. The van der Waals surface area contributed by atoms with Crippen LogP contribution < -0.4 is 10.1 Å². The van der Waals surface area contributed by atoms with Crippen LogP contribution in [0.4, 0.5) is 0 Å². The van der Waals surface area contributed by atoms with E-state index in [0.29, 0.717) is 13.0 Å². The van der Waals surface area contributed by atoms with Gasteiger partial charge < -0.3 is 15.2 Å². The van der Waals surface area contributed by atoms with Gasteiger partial charge in [0.25, 0.3) is 0 Å². The summed E-state index contributed by atoms with van der Waals surface area (Å²) in [5.41, 5.74) is 1.04. The molecule has 2 unspecified atom stereocenters. The number of carbonyl (C=O) groups is 1. The number of carboxylic acid groups (broad SMARTS) is 1. The smallest absolute Gasteiger partial charge is 0.307 e. The molecule has 1 aromatic rings. The molecule has 5 heteroatoms. The number of methoxy groups -OCH3 is 1. The number of carboxylic acids is 1. The first-order valence-electron chi connectivity index (χ1n) is 5.83. The van der Waals surface area contributed by atoms with Crippen LogP contribution in [0.5, 0.6) is 5.75 Å². The average molecular weight is 267 g/mol. The molecule has 0 radical (unpaired) electrons. The van der Waals surface area contributed by atoms with E-state index in [-0.39, 0.29) is 12.0 Å². The van der Waals surface area contributed by atoms with Gasteiger partial charge in [-0.25, -0.2) is 0 Å². The van der Waals surface area contributed by atoms with Crippen LogP contribution in [-0.4, -0.2) is 31.0 Å². The zero-order valence-corrected chi connectivity index (χ0v) is 11.3. The Hall–Kier alpha value is -1.20. The molecule has 0 saturated carbocycles. The Morgan fingerprint density at radius 2 is 2.33 bits per heavy atom. The molecule has 1 aromatic carbocycles. The minimum absolute atomic E-state index is 0.0666. The van der Waals surface area contributed by atoms with Gasteiger partial charge in [0.2, 0.25) is 0 Å². The van der Waals surface area contributed by atoms with E-state index in [1.54, 1.807) is 18.9 Å². The van der Waals surface area contributed by atoms with Crippen molar-refractivity contribution in [2.75, 3.05) is 19.9 Å². The summed E-state index contributed by atoms with van der Waals surface area (Å²) < 4.78 is 5.40. The van der Waals surface area contributed by atoms with E-state index in [4.69, 9.17) is 9.84 Å². The van der Waals surface area contributed by atoms with Crippen molar-refractivity contribution < 1.29 is 14.6 Å². The quantitative estimate of drug-likeness (QED) is 0.819. The van der Waals surface area contributed by atoms with Gasteiger partial charge in [0.15, 0.2) is 0 Å². The first kappa shape index (κ1) is 13.2. The lowest BCUT2D eigenvalue weighted by atomic mass is 9.99. The van der Waals surface area contributed by atoms with Gasteiger partial charge in [-0.05, 0) is 24.8 Å². The molecular weight excluding hydrogens is 250 g/mol. The van der Waals surface area contributed by atoms with Crippen LogP contribution in [0.15, 0.2) is 23.1 Å². The summed E-state index contributed by atoms with van der Waals surface area (Å²) in [5, 5.41) is 12.3. The zero-order chi connectivity index (χ0) is 13.1. The van der Waals surface area contributed by atoms with Crippen molar-refractivity contribution >= 4 is 17.7 Å². The van der Waals surface area contributed by atoms with Crippen molar-refractivity contribution in [1.82, 2.24) is 5.32 Å². The van der Waals surface area contributed by atoms with Gasteiger partial charge in [-0.15, -0.1) is 11.8 Å². The van der Waals surface area contributed by atoms with E-state index < -0.39 is 5.97 Å². The van der Waals surface area contributed by atoms with Gasteiger partial charge in [-0.1, -0.05) is 6.07 Å². The van der Waals surface area contributed by atoms with E-state index in [0.717, 1.165) is 16.2 Å². The third kappa shape index (κ3) is 2.62. The molecule has 98 valence electrons. The zero-order valence-electron chi connectivity index (χ0n) is 10.5. The molecule has 0 aromatic heterocycles. The molecule has 1 aliphatic heterocycles. The summed E-state index contributed by atoms with van der Waals surface area (Å²) in [6.07, 6.45) is 2.63. The molecule has 1 fully saturated rings. The largest absolute Gasteiger partial charge is 0.496 e. The summed E-state index contributed by atoms with van der Waals surface area (Å²) in [5.74, 6) is -0.213. The molecule has 1 saturated heterocycles. The Bertz CT molecular complexity index is 450. The molecule has 0 aliphatic carbocycles. The number of nitrogens with one attached hydrogen (secondary N) is 1. The highest BCUT2D eigenvalue weighted by Crippen LogP contribution is 2.35. The first-order chi connectivity index (χ1) is 8.65. The van der Waals surface area contributed by atoms with Gasteiger partial charge in [-0.3, -0.25) is 4.79 Å². The lowest BCUT2D eigenvalue weighted by Gasteiger charge is -2.15. The summed E-state index contributed by atoms with van der Waals surface area (Å²) in [6.45, 7) is 0.521. The van der Waals surface area contributed by atoms with Gasteiger partial charge in [-0.2, -0.15) is 0 Å². The number of rotatable bonds is 4. The van der Waals surface area contributed by atoms with Gasteiger partial charge in [0.05, 0.1) is 13.0 Å². The maximum atomic E-state index is 11.0. The Labute approximate surface area is 111 Å². The highest BCUT2D eigenvalue weighted by atomic mass is 32.2. The van der Waals surface area contributed by atoms with Crippen LogP contribution in [-0.2, 0) is 4.79 Å². The van der Waals surface area contributed by atoms with Gasteiger partial charge >= 0.3 is 5.97 Å². The second kappa shape index (κ2) is 5.63. The molecular formula is C13H17NO3S. The molecule has 0 bridgehead atoms. The number of thioether (sulfide) groups is 1. The molecule has 1 aliphatic rings. The predicted molar refractivity (Wildman–Crippen MR) is 71.3 cm³/mol. The van der Waals surface area contributed by atoms with E-state index in [1.165, 1.54) is 0 Å². The fraction of sp³-hybridized carbons (Fsp3) is 0.462. The fourth-order valence-corrected chi connectivity index (χ4v) is 2.70. The van der Waals surface area contributed by atoms with Crippen LogP contribution in [0, 0.1) is 5.92 Å². The Kier molecular flexibility index (Phi) is 4.14. The lowest BCUT2D eigenvalue weighted by molar-refractivity contribution is -0.141. The Morgan fingerprint density at radius 1 is 1.56 bits per heavy atom. The maximum Gasteiger partial charge on any atom is 0.307 e. The highest BCUT2D eigenvalue weighted by Gasteiger charge is 2.31. The minimum atomic E-state index is -0.732. The summed E-state index contributed by atoms with van der Waals surface area (Å²) >= 11 is 1.66. The van der Waals surface area contributed by atoms with E-state index in [9.17, 15) is 4.79 Å². The monoisotopic (exact) mass is 267 g/mol. The number of hydrogen-bond donors (Lipinski definition) is 2. The molecule has 2 N–H and O–H groups in total. The van der Waals surface area contributed by atoms with Crippen molar-refractivity contribution in [3.05, 3.63) is 23.8 Å². The first-order valence-corrected chi connectivity index (χ1v) is 7.06. The number of ether oxygens (including phenoxy) is 1. The van der Waals surface area contributed by atoms with Crippen molar-refractivity contribution in [2.24, 2.45) is 5.92 Å². The Morgan fingerprint density at radius 3 is 2.89 bits per heavy atom. The number of aliphatic carboxylic acids is 1. The van der Waals surface area contributed by atoms with E-state index >= 15 is 0 Å². The molecule has 2 rings (SSSR count). The number of benzene rings is 1. The van der Waals surface area contributed by atoms with Gasteiger partial charge in [0.1, 0.15) is 5.75 Å². The van der Waals surface area contributed by atoms with E-state index in [2.05, 4.69) is 5.32 Å². The third-order valence-electron chi connectivity index (χ3n) is 3.30. The van der Waals surface area contributed by atoms with Crippen molar-refractivity contribution in [2.45, 2.75) is 17.4 Å². The second-order valence-corrected chi connectivity index (χ2v) is 5.22. The standard InChI is InChI=1S/C13H17NO3S/c1-17-12-6-9(18-2)3-4-10(12)11-5-8(7-14-11)13(15)16/h3-4,6,8,11,14H,5,7H2,1-2H3,(H,15,16). The molecule has 2 atom stereocenters.